The number of nitrogens with zero attached hydrogens (tertiary/aromatic N) is 1. The van der Waals surface area contributed by atoms with Crippen LogP contribution in [-0.4, -0.2) is 23.2 Å². The Balaban J connectivity index is 2.46. The van der Waals surface area contributed by atoms with E-state index in [0.717, 1.165) is 17.3 Å². The predicted octanol–water partition coefficient (Wildman–Crippen LogP) is 0.917. The lowest BCUT2D eigenvalue weighted by Crippen LogP contribution is -2.23. The molecule has 0 saturated carbocycles. The third-order valence-corrected chi connectivity index (χ3v) is 2.65. The number of amides is 1. The molecule has 1 N–H and O–H groups in total. The number of pyridine rings is 1. The van der Waals surface area contributed by atoms with Crippen molar-refractivity contribution in [1.82, 2.24) is 10.3 Å². The molecular formula is C8H8N2OS. The van der Waals surface area contributed by atoms with Crippen LogP contribution in [-0.2, 0) is 0 Å². The van der Waals surface area contributed by atoms with E-state index in [-0.39, 0.29) is 5.91 Å². The molecule has 1 aliphatic rings. The van der Waals surface area contributed by atoms with Gasteiger partial charge in [0, 0.05) is 18.5 Å². The Morgan fingerprint density at radius 1 is 1.58 bits per heavy atom. The van der Waals surface area contributed by atoms with Crippen molar-refractivity contribution in [3.05, 3.63) is 23.9 Å². The molecule has 3 nitrogen and oxygen atoms in total. The number of rotatable bonds is 0. The fraction of sp³-hybridized carbons (Fsp3) is 0.250. The lowest BCUT2D eigenvalue weighted by molar-refractivity contribution is 0.0953. The molecule has 0 spiro atoms. The molecule has 0 saturated heterocycles. The molecule has 0 unspecified atom stereocenters. The number of fused-ring (bicyclic) bond motifs is 1. The summed E-state index contributed by atoms with van der Waals surface area (Å²) >= 11 is 1.62. The zero-order valence-electron chi connectivity index (χ0n) is 6.41. The highest BCUT2D eigenvalue weighted by Gasteiger charge is 2.14. The first-order valence-electron chi connectivity index (χ1n) is 3.74. The van der Waals surface area contributed by atoms with E-state index in [2.05, 4.69) is 10.3 Å². The van der Waals surface area contributed by atoms with Crippen molar-refractivity contribution in [3.8, 4) is 0 Å². The van der Waals surface area contributed by atoms with E-state index in [1.165, 1.54) is 0 Å². The van der Waals surface area contributed by atoms with Crippen LogP contribution in [0.4, 0.5) is 0 Å². The average Bonchev–Trinajstić information content (AvgIpc) is 2.29. The van der Waals surface area contributed by atoms with Gasteiger partial charge in [-0.3, -0.25) is 4.79 Å². The Bertz CT molecular complexity index is 314. The molecule has 62 valence electrons. The summed E-state index contributed by atoms with van der Waals surface area (Å²) in [6.45, 7) is 0.722. The first-order valence-corrected chi connectivity index (χ1v) is 4.72. The molecular weight excluding hydrogens is 172 g/mol. The van der Waals surface area contributed by atoms with Gasteiger partial charge in [-0.1, -0.05) is 0 Å². The van der Waals surface area contributed by atoms with Crippen LogP contribution in [0.1, 0.15) is 10.4 Å². The van der Waals surface area contributed by atoms with Crippen LogP contribution in [0.15, 0.2) is 23.4 Å². The summed E-state index contributed by atoms with van der Waals surface area (Å²) in [5, 5.41) is 3.64. The van der Waals surface area contributed by atoms with E-state index < -0.39 is 0 Å². The van der Waals surface area contributed by atoms with Gasteiger partial charge in [0.15, 0.2) is 0 Å². The van der Waals surface area contributed by atoms with E-state index in [0.29, 0.717) is 5.56 Å². The molecule has 0 atom stereocenters. The molecule has 12 heavy (non-hydrogen) atoms. The van der Waals surface area contributed by atoms with Crippen molar-refractivity contribution in [2.45, 2.75) is 5.03 Å². The van der Waals surface area contributed by atoms with E-state index in [1.54, 1.807) is 30.1 Å². The predicted molar refractivity (Wildman–Crippen MR) is 47.3 cm³/mol. The summed E-state index contributed by atoms with van der Waals surface area (Å²) in [7, 11) is 0. The Morgan fingerprint density at radius 2 is 2.50 bits per heavy atom. The second-order valence-corrected chi connectivity index (χ2v) is 3.54. The topological polar surface area (TPSA) is 42.0 Å². The highest BCUT2D eigenvalue weighted by molar-refractivity contribution is 7.99. The fourth-order valence-electron chi connectivity index (χ4n) is 1.09. The number of aromatic nitrogens is 1. The highest BCUT2D eigenvalue weighted by Crippen LogP contribution is 2.21. The Hall–Kier alpha value is -1.03. The second-order valence-electron chi connectivity index (χ2n) is 2.46. The first-order chi connectivity index (χ1) is 5.88. The van der Waals surface area contributed by atoms with Gasteiger partial charge >= 0.3 is 0 Å². The first kappa shape index (κ1) is 7.61. The van der Waals surface area contributed by atoms with Gasteiger partial charge in [-0.2, -0.15) is 0 Å². The van der Waals surface area contributed by atoms with Crippen LogP contribution in [0.25, 0.3) is 0 Å². The van der Waals surface area contributed by atoms with Gasteiger partial charge in [-0.25, -0.2) is 4.98 Å². The van der Waals surface area contributed by atoms with Crippen molar-refractivity contribution < 1.29 is 4.79 Å². The van der Waals surface area contributed by atoms with E-state index in [4.69, 9.17) is 0 Å². The van der Waals surface area contributed by atoms with Crippen molar-refractivity contribution in [2.24, 2.45) is 0 Å². The van der Waals surface area contributed by atoms with Gasteiger partial charge in [-0.05, 0) is 12.1 Å². The van der Waals surface area contributed by atoms with Crippen LogP contribution in [0.3, 0.4) is 0 Å². The molecule has 1 amide bonds. The van der Waals surface area contributed by atoms with Crippen molar-refractivity contribution in [3.63, 3.8) is 0 Å². The maximum atomic E-state index is 11.3. The summed E-state index contributed by atoms with van der Waals surface area (Å²) in [5.41, 5.74) is 0.694. The van der Waals surface area contributed by atoms with Gasteiger partial charge in [-0.15, -0.1) is 11.8 Å². The Morgan fingerprint density at radius 3 is 3.42 bits per heavy atom. The van der Waals surface area contributed by atoms with E-state index in [1.807, 2.05) is 0 Å². The fourth-order valence-corrected chi connectivity index (χ4v) is 1.94. The van der Waals surface area contributed by atoms with Crippen molar-refractivity contribution >= 4 is 17.7 Å². The third kappa shape index (κ3) is 1.30. The molecule has 0 bridgehead atoms. The maximum Gasteiger partial charge on any atom is 0.254 e. The standard InChI is InChI=1S/C8H8N2OS/c11-7-6-2-1-3-10-8(6)12-5-4-9-7/h1-3H,4-5H2,(H,9,11). The largest absolute Gasteiger partial charge is 0.351 e. The smallest absolute Gasteiger partial charge is 0.254 e. The van der Waals surface area contributed by atoms with Gasteiger partial charge in [0.25, 0.3) is 5.91 Å². The molecule has 0 fully saturated rings. The summed E-state index contributed by atoms with van der Waals surface area (Å²) < 4.78 is 0. The zero-order chi connectivity index (χ0) is 8.39. The van der Waals surface area contributed by atoms with Gasteiger partial charge in [0.05, 0.1) is 5.56 Å². The van der Waals surface area contributed by atoms with Crippen LogP contribution < -0.4 is 5.32 Å². The third-order valence-electron chi connectivity index (χ3n) is 1.64. The van der Waals surface area contributed by atoms with Gasteiger partial charge in [0.1, 0.15) is 5.03 Å². The van der Waals surface area contributed by atoms with Crippen LogP contribution in [0.5, 0.6) is 0 Å². The van der Waals surface area contributed by atoms with Crippen LogP contribution in [0, 0.1) is 0 Å². The summed E-state index contributed by atoms with van der Waals surface area (Å²) in [6.07, 6.45) is 1.71. The number of hydrogen-bond donors (Lipinski definition) is 1. The molecule has 2 rings (SSSR count). The number of nitrogens with one attached hydrogen (secondary N) is 1. The SMILES string of the molecule is O=C1NCCSc2ncccc21. The quantitative estimate of drug-likeness (QED) is 0.645. The second kappa shape index (κ2) is 3.15. The number of carbonyl (C=O) groups excluding carboxylic acids is 1. The van der Waals surface area contributed by atoms with Crippen LogP contribution in [0.2, 0.25) is 0 Å². The minimum absolute atomic E-state index is 0.0110. The minimum Gasteiger partial charge on any atom is -0.351 e. The van der Waals surface area contributed by atoms with Gasteiger partial charge in [0.2, 0.25) is 0 Å². The van der Waals surface area contributed by atoms with Crippen molar-refractivity contribution in [1.29, 1.82) is 0 Å². The molecule has 0 radical (unpaired) electrons. The Labute approximate surface area is 74.6 Å². The Kier molecular flexibility index (Phi) is 1.99. The van der Waals surface area contributed by atoms with Crippen LogP contribution >= 0.6 is 11.8 Å². The molecule has 4 heteroatoms. The molecule has 2 heterocycles. The number of carbonyl (C=O) groups is 1. The normalized spacial score (nSPS) is 16.2. The molecule has 0 aliphatic carbocycles. The molecule has 0 aromatic carbocycles. The van der Waals surface area contributed by atoms with E-state index in [9.17, 15) is 4.79 Å². The molecule has 1 aromatic rings. The average molecular weight is 180 g/mol. The lowest BCUT2D eigenvalue weighted by atomic mass is 10.3. The molecule has 1 aromatic heterocycles. The molecule has 1 aliphatic heterocycles. The number of hydrogen-bond acceptors (Lipinski definition) is 3. The lowest BCUT2D eigenvalue weighted by Gasteiger charge is -1.99. The number of thioether (sulfide) groups is 1. The summed E-state index contributed by atoms with van der Waals surface area (Å²) in [4.78, 5) is 15.5. The summed E-state index contributed by atoms with van der Waals surface area (Å²) in [5.74, 6) is 0.888. The monoisotopic (exact) mass is 180 g/mol. The maximum absolute atomic E-state index is 11.3. The van der Waals surface area contributed by atoms with E-state index >= 15 is 0 Å². The minimum atomic E-state index is -0.0110. The highest BCUT2D eigenvalue weighted by atomic mass is 32.2. The van der Waals surface area contributed by atoms with Gasteiger partial charge < -0.3 is 5.32 Å². The zero-order valence-corrected chi connectivity index (χ0v) is 7.23. The van der Waals surface area contributed by atoms with Crippen molar-refractivity contribution in [2.75, 3.05) is 12.3 Å². The summed E-state index contributed by atoms with van der Waals surface area (Å²) in [6, 6.07) is 3.58.